The predicted molar refractivity (Wildman–Crippen MR) is 105 cm³/mol. The Bertz CT molecular complexity index is 1140. The number of amides is 2. The average molecular weight is 396 g/mol. The highest BCUT2D eigenvalue weighted by atomic mass is 32.1. The number of carboxylic acids is 1. The van der Waals surface area contributed by atoms with Gasteiger partial charge in [-0.15, -0.1) is 11.3 Å². The highest BCUT2D eigenvalue weighted by Crippen LogP contribution is 2.46. The van der Waals surface area contributed by atoms with E-state index in [-0.39, 0.29) is 11.0 Å². The van der Waals surface area contributed by atoms with E-state index in [1.807, 2.05) is 6.92 Å². The van der Waals surface area contributed by atoms with E-state index in [0.29, 0.717) is 38.9 Å². The molecule has 1 aliphatic carbocycles. The number of aromatic nitrogens is 2. The number of hydrogen-bond donors (Lipinski definition) is 2. The summed E-state index contributed by atoms with van der Waals surface area (Å²) in [6.45, 7) is 1.82. The Labute approximate surface area is 163 Å². The Balaban J connectivity index is 1.60. The molecular weight excluding hydrogens is 380 g/mol. The van der Waals surface area contributed by atoms with Gasteiger partial charge in [0.2, 0.25) is 5.88 Å². The summed E-state index contributed by atoms with van der Waals surface area (Å²) in [4.78, 5) is 35.3. The molecule has 0 spiro atoms. The summed E-state index contributed by atoms with van der Waals surface area (Å²) >= 11 is 1.04. The molecule has 1 saturated carbocycles. The van der Waals surface area contributed by atoms with Gasteiger partial charge in [0.15, 0.2) is 0 Å². The Morgan fingerprint density at radius 1 is 1.32 bits per heavy atom. The first-order valence-electron chi connectivity index (χ1n) is 8.93. The van der Waals surface area contributed by atoms with Gasteiger partial charge in [-0.2, -0.15) is 0 Å². The predicted octanol–water partition coefficient (Wildman–Crippen LogP) is 4.31. The normalized spacial score (nSPS) is 16.0. The lowest BCUT2D eigenvalue weighted by molar-refractivity contribution is 0.0703. The number of pyridine rings is 2. The van der Waals surface area contributed by atoms with Crippen LogP contribution in [0.15, 0.2) is 24.4 Å². The lowest BCUT2D eigenvalue weighted by atomic mass is 9.96. The van der Waals surface area contributed by atoms with Crippen molar-refractivity contribution in [1.82, 2.24) is 9.97 Å². The summed E-state index contributed by atoms with van der Waals surface area (Å²) in [5, 5.41) is 12.8. The molecule has 142 valence electrons. The molecule has 28 heavy (non-hydrogen) atoms. The van der Waals surface area contributed by atoms with E-state index in [4.69, 9.17) is 4.74 Å². The number of carbonyl (C=O) groups is 2. The third-order valence-corrected chi connectivity index (χ3v) is 6.14. The molecule has 3 aromatic rings. The zero-order chi connectivity index (χ0) is 19.4. The molecule has 0 radical (unpaired) electrons. The van der Waals surface area contributed by atoms with Crippen molar-refractivity contribution >= 4 is 50.6 Å². The monoisotopic (exact) mass is 396 g/mol. The number of carboxylic acid groups (broad SMARTS) is 1. The van der Waals surface area contributed by atoms with Gasteiger partial charge < -0.3 is 15.2 Å². The van der Waals surface area contributed by atoms with Crippen LogP contribution >= 0.6 is 11.3 Å². The third kappa shape index (κ3) is 2.50. The Morgan fingerprint density at radius 2 is 2.14 bits per heavy atom. The molecule has 0 aromatic carbocycles. The van der Waals surface area contributed by atoms with E-state index < -0.39 is 12.0 Å². The van der Waals surface area contributed by atoms with Gasteiger partial charge in [0, 0.05) is 12.3 Å². The second-order valence-electron chi connectivity index (χ2n) is 6.81. The molecule has 2 aliphatic rings. The summed E-state index contributed by atoms with van der Waals surface area (Å²) in [6, 6.07) is 4.84. The number of aromatic carboxylic acids is 1. The molecule has 2 N–H and O–H groups in total. The minimum absolute atomic E-state index is 0.0713. The van der Waals surface area contributed by atoms with Crippen LogP contribution in [0, 0.1) is 6.92 Å². The highest BCUT2D eigenvalue weighted by Gasteiger charge is 2.33. The van der Waals surface area contributed by atoms with Crippen molar-refractivity contribution in [3.8, 4) is 5.88 Å². The maximum atomic E-state index is 12.9. The van der Waals surface area contributed by atoms with E-state index >= 15 is 0 Å². The number of nitrogens with zero attached hydrogens (tertiary/aromatic N) is 3. The summed E-state index contributed by atoms with van der Waals surface area (Å²) in [6.07, 6.45) is 5.05. The van der Waals surface area contributed by atoms with Crippen LogP contribution in [-0.4, -0.2) is 33.2 Å². The Kier molecular flexibility index (Phi) is 3.73. The molecule has 5 rings (SSSR count). The molecule has 0 saturated heterocycles. The fraction of sp³-hybridized carbons (Fsp3) is 0.263. The largest absolute Gasteiger partial charge is 0.477 e. The average Bonchev–Trinajstić information content (AvgIpc) is 3.00. The van der Waals surface area contributed by atoms with Crippen LogP contribution in [-0.2, 0) is 0 Å². The number of aryl methyl sites for hydroxylation is 1. The molecule has 2 amide bonds. The number of urea groups is 1. The summed E-state index contributed by atoms with van der Waals surface area (Å²) in [5.41, 5.74) is 2.14. The molecule has 1 aliphatic heterocycles. The summed E-state index contributed by atoms with van der Waals surface area (Å²) in [7, 11) is 0. The quantitative estimate of drug-likeness (QED) is 0.681. The van der Waals surface area contributed by atoms with Crippen LogP contribution in [0.1, 0.15) is 34.6 Å². The first-order valence-corrected chi connectivity index (χ1v) is 9.75. The van der Waals surface area contributed by atoms with Gasteiger partial charge in [0.1, 0.15) is 15.8 Å². The van der Waals surface area contributed by atoms with Gasteiger partial charge in [-0.05, 0) is 38.3 Å². The Morgan fingerprint density at radius 3 is 2.82 bits per heavy atom. The van der Waals surface area contributed by atoms with Crippen LogP contribution in [0.25, 0.3) is 10.2 Å². The second kappa shape index (κ2) is 6.16. The first kappa shape index (κ1) is 16.9. The number of hydrogen-bond acceptors (Lipinski definition) is 6. The van der Waals surface area contributed by atoms with Crippen LogP contribution in [0.4, 0.5) is 21.9 Å². The van der Waals surface area contributed by atoms with E-state index in [1.54, 1.807) is 24.4 Å². The van der Waals surface area contributed by atoms with E-state index in [0.717, 1.165) is 24.2 Å². The number of nitrogens with one attached hydrogen (secondary N) is 1. The molecule has 0 bridgehead atoms. The SMILES string of the molecule is Cc1nc(OC2CCC2)ccc1N1C(=O)Nc2c(C(=O)O)sc3nccc1c23. The minimum atomic E-state index is -1.09. The van der Waals surface area contributed by atoms with Crippen LogP contribution < -0.4 is 15.0 Å². The smallest absolute Gasteiger partial charge is 0.348 e. The van der Waals surface area contributed by atoms with Crippen molar-refractivity contribution in [2.24, 2.45) is 0 Å². The van der Waals surface area contributed by atoms with E-state index in [1.165, 1.54) is 11.3 Å². The molecule has 8 nitrogen and oxygen atoms in total. The molecule has 1 fully saturated rings. The molecule has 0 atom stereocenters. The van der Waals surface area contributed by atoms with Crippen molar-refractivity contribution < 1.29 is 19.4 Å². The second-order valence-corrected chi connectivity index (χ2v) is 7.81. The van der Waals surface area contributed by atoms with Crippen molar-refractivity contribution in [2.75, 3.05) is 10.2 Å². The standard InChI is InChI=1S/C19H16N4O4S/c1-9-11(5-6-13(21-9)27-10-3-2-4-10)23-12-7-8-20-17-14(12)15(22-19(23)26)16(28-17)18(24)25/h5-8,10H,2-4H2,1H3,(H,22,26)(H,24,25). The van der Waals surface area contributed by atoms with Crippen LogP contribution in [0.5, 0.6) is 5.88 Å². The number of carbonyl (C=O) groups excluding carboxylic acids is 1. The van der Waals surface area contributed by atoms with E-state index in [2.05, 4.69) is 15.3 Å². The first-order chi connectivity index (χ1) is 13.5. The minimum Gasteiger partial charge on any atom is -0.477 e. The van der Waals surface area contributed by atoms with Crippen molar-refractivity contribution in [1.29, 1.82) is 0 Å². The maximum Gasteiger partial charge on any atom is 0.348 e. The molecule has 9 heteroatoms. The third-order valence-electron chi connectivity index (χ3n) is 5.05. The van der Waals surface area contributed by atoms with Crippen LogP contribution in [0.2, 0.25) is 0 Å². The number of ether oxygens (including phenoxy) is 1. The number of rotatable bonds is 4. The zero-order valence-electron chi connectivity index (χ0n) is 14.9. The summed E-state index contributed by atoms with van der Waals surface area (Å²) < 4.78 is 5.84. The lowest BCUT2D eigenvalue weighted by Crippen LogP contribution is -2.34. The Hall–Kier alpha value is -3.20. The number of anilines is 3. The number of thiophene rings is 1. The van der Waals surface area contributed by atoms with Gasteiger partial charge in [-0.25, -0.2) is 19.6 Å². The van der Waals surface area contributed by atoms with Crippen molar-refractivity contribution in [2.45, 2.75) is 32.3 Å². The van der Waals surface area contributed by atoms with Gasteiger partial charge in [-0.1, -0.05) is 0 Å². The van der Waals surface area contributed by atoms with Gasteiger partial charge in [-0.3, -0.25) is 4.90 Å². The van der Waals surface area contributed by atoms with E-state index in [9.17, 15) is 14.7 Å². The fourth-order valence-electron chi connectivity index (χ4n) is 3.47. The molecule has 0 unspecified atom stereocenters. The van der Waals surface area contributed by atoms with Gasteiger partial charge in [0.05, 0.1) is 28.1 Å². The topological polar surface area (TPSA) is 105 Å². The van der Waals surface area contributed by atoms with Crippen molar-refractivity contribution in [3.63, 3.8) is 0 Å². The summed E-state index contributed by atoms with van der Waals surface area (Å²) in [5.74, 6) is -0.541. The lowest BCUT2D eigenvalue weighted by Gasteiger charge is -2.30. The maximum absolute atomic E-state index is 12.9. The highest BCUT2D eigenvalue weighted by molar-refractivity contribution is 7.21. The van der Waals surface area contributed by atoms with Gasteiger partial charge >= 0.3 is 12.0 Å². The van der Waals surface area contributed by atoms with Gasteiger partial charge in [0.25, 0.3) is 0 Å². The van der Waals surface area contributed by atoms with Crippen LogP contribution in [0.3, 0.4) is 0 Å². The molecular formula is C19H16N4O4S. The fourth-order valence-corrected chi connectivity index (χ4v) is 4.42. The molecule has 3 aromatic heterocycles. The van der Waals surface area contributed by atoms with Crippen molar-refractivity contribution in [3.05, 3.63) is 35.0 Å². The molecule has 4 heterocycles. The zero-order valence-corrected chi connectivity index (χ0v) is 15.7.